The molecule has 1 aliphatic carbocycles. The van der Waals surface area contributed by atoms with Crippen LogP contribution in [0.2, 0.25) is 0 Å². The third-order valence-electron chi connectivity index (χ3n) is 9.55. The minimum Gasteiger partial charge on any atom is -0.369 e. The maximum atomic E-state index is 13.4. The first-order chi connectivity index (χ1) is 17.3. The number of carbonyl (C=O) groups is 2. The lowest BCUT2D eigenvalue weighted by atomic mass is 9.67. The standard InChI is InChI=1S/C31H41N3O2/c1-21-10-9-11-22(2)28(21)29(35)34-19-25-17-33(18-26(25)20-34)23(3)16-27(24-12-5-4-6-13-24)31(30(32)36)14-7-8-15-31/h4-6,9-13,23,25-27H,7-8,14-20H2,1-3H3,(H2,32,36)/t23?,25?,26?,27-/m0/s1. The molecular weight excluding hydrogens is 446 g/mol. The molecule has 2 N–H and O–H groups in total. The molecule has 5 nitrogen and oxygen atoms in total. The Kier molecular flexibility index (Phi) is 6.95. The molecule has 36 heavy (non-hydrogen) atoms. The highest BCUT2D eigenvalue weighted by Gasteiger charge is 2.49. The highest BCUT2D eigenvalue weighted by atomic mass is 16.2. The molecule has 0 spiro atoms. The van der Waals surface area contributed by atoms with Gasteiger partial charge < -0.3 is 10.6 Å². The van der Waals surface area contributed by atoms with E-state index in [0.717, 1.165) is 75.0 Å². The summed E-state index contributed by atoms with van der Waals surface area (Å²) in [6.07, 6.45) is 4.90. The number of aryl methyl sites for hydroxylation is 2. The van der Waals surface area contributed by atoms with Gasteiger partial charge in [-0.3, -0.25) is 14.5 Å². The number of hydrogen-bond acceptors (Lipinski definition) is 3. The van der Waals surface area contributed by atoms with E-state index in [4.69, 9.17) is 5.73 Å². The summed E-state index contributed by atoms with van der Waals surface area (Å²) in [5, 5.41) is 0. The molecule has 2 aliphatic heterocycles. The van der Waals surface area contributed by atoms with Crippen LogP contribution in [0, 0.1) is 31.1 Å². The summed E-state index contributed by atoms with van der Waals surface area (Å²) >= 11 is 0. The Morgan fingerprint density at radius 1 is 0.917 bits per heavy atom. The molecule has 5 rings (SSSR count). The van der Waals surface area contributed by atoms with Crippen molar-refractivity contribution in [1.29, 1.82) is 0 Å². The molecular formula is C31H41N3O2. The topological polar surface area (TPSA) is 66.6 Å². The number of benzene rings is 2. The lowest BCUT2D eigenvalue weighted by Gasteiger charge is -2.39. The SMILES string of the molecule is Cc1cccc(C)c1C(=O)N1CC2CN(C(C)C[C@@H](c3ccccc3)C3(C(N)=O)CCCC3)CC2C1. The molecule has 0 radical (unpaired) electrons. The van der Waals surface area contributed by atoms with Crippen LogP contribution >= 0.6 is 0 Å². The van der Waals surface area contributed by atoms with E-state index in [9.17, 15) is 9.59 Å². The highest BCUT2D eigenvalue weighted by molar-refractivity contribution is 5.97. The second kappa shape index (κ2) is 10.0. The first-order valence-electron chi connectivity index (χ1n) is 13.7. The lowest BCUT2D eigenvalue weighted by Crippen LogP contribution is -2.43. The fraction of sp³-hybridized carbons (Fsp3) is 0.548. The zero-order valence-corrected chi connectivity index (χ0v) is 22.1. The summed E-state index contributed by atoms with van der Waals surface area (Å²) in [7, 11) is 0. The Bertz CT molecular complexity index is 1070. The molecule has 0 aromatic heterocycles. The molecule has 2 heterocycles. The van der Waals surface area contributed by atoms with Gasteiger partial charge in [0, 0.05) is 37.8 Å². The van der Waals surface area contributed by atoms with Crippen molar-refractivity contribution in [1.82, 2.24) is 9.80 Å². The third kappa shape index (κ3) is 4.47. The first-order valence-corrected chi connectivity index (χ1v) is 13.7. The predicted molar refractivity (Wildman–Crippen MR) is 144 cm³/mol. The fourth-order valence-corrected chi connectivity index (χ4v) is 7.49. The van der Waals surface area contributed by atoms with Gasteiger partial charge >= 0.3 is 0 Å². The minimum atomic E-state index is -0.431. The number of carbonyl (C=O) groups excluding carboxylic acids is 2. The van der Waals surface area contributed by atoms with Gasteiger partial charge in [0.05, 0.1) is 5.41 Å². The van der Waals surface area contributed by atoms with Crippen molar-refractivity contribution < 1.29 is 9.59 Å². The summed E-state index contributed by atoms with van der Waals surface area (Å²) in [5.74, 6) is 1.25. The van der Waals surface area contributed by atoms with Crippen molar-refractivity contribution in [2.75, 3.05) is 26.2 Å². The summed E-state index contributed by atoms with van der Waals surface area (Å²) in [6, 6.07) is 17.0. The van der Waals surface area contributed by atoms with Crippen molar-refractivity contribution in [3.8, 4) is 0 Å². The smallest absolute Gasteiger partial charge is 0.254 e. The largest absolute Gasteiger partial charge is 0.369 e. The maximum Gasteiger partial charge on any atom is 0.254 e. The van der Waals surface area contributed by atoms with Gasteiger partial charge in [0.25, 0.3) is 5.91 Å². The Morgan fingerprint density at radius 3 is 2.06 bits per heavy atom. The number of hydrogen-bond donors (Lipinski definition) is 1. The van der Waals surface area contributed by atoms with Crippen LogP contribution in [0.5, 0.6) is 0 Å². The molecule has 0 bridgehead atoms. The molecule has 2 amide bonds. The van der Waals surface area contributed by atoms with Crippen LogP contribution in [-0.2, 0) is 4.79 Å². The van der Waals surface area contributed by atoms with Crippen molar-refractivity contribution in [3.63, 3.8) is 0 Å². The van der Waals surface area contributed by atoms with Gasteiger partial charge in [-0.15, -0.1) is 0 Å². The third-order valence-corrected chi connectivity index (χ3v) is 9.55. The fourth-order valence-electron chi connectivity index (χ4n) is 7.49. The van der Waals surface area contributed by atoms with Gasteiger partial charge in [-0.1, -0.05) is 61.4 Å². The van der Waals surface area contributed by atoms with Crippen molar-refractivity contribution in [2.24, 2.45) is 23.0 Å². The van der Waals surface area contributed by atoms with Crippen LogP contribution in [0.4, 0.5) is 0 Å². The van der Waals surface area contributed by atoms with E-state index in [1.165, 1.54) is 5.56 Å². The molecule has 3 unspecified atom stereocenters. The molecule has 2 saturated heterocycles. The number of rotatable bonds is 7. The van der Waals surface area contributed by atoms with Gasteiger partial charge in [-0.25, -0.2) is 0 Å². The van der Waals surface area contributed by atoms with E-state index in [2.05, 4.69) is 41.0 Å². The van der Waals surface area contributed by atoms with Crippen LogP contribution in [0.3, 0.4) is 0 Å². The molecule has 5 heteroatoms. The van der Waals surface area contributed by atoms with E-state index < -0.39 is 5.41 Å². The first kappa shape index (κ1) is 25.0. The van der Waals surface area contributed by atoms with Crippen LogP contribution in [0.1, 0.15) is 72.0 Å². The Hall–Kier alpha value is -2.66. The number of amides is 2. The van der Waals surface area contributed by atoms with E-state index in [1.807, 2.05) is 38.1 Å². The average molecular weight is 488 g/mol. The number of primary amides is 1. The number of nitrogens with zero attached hydrogens (tertiary/aromatic N) is 2. The second-order valence-electron chi connectivity index (χ2n) is 11.7. The Labute approximate surface area is 216 Å². The summed E-state index contributed by atoms with van der Waals surface area (Å²) in [5.41, 5.74) is 9.92. The number of likely N-dealkylation sites (tertiary alicyclic amines) is 2. The molecule has 1 saturated carbocycles. The van der Waals surface area contributed by atoms with Gasteiger partial charge in [0.2, 0.25) is 5.91 Å². The molecule has 192 valence electrons. The summed E-state index contributed by atoms with van der Waals surface area (Å²) < 4.78 is 0. The normalized spacial score (nSPS) is 25.0. The van der Waals surface area contributed by atoms with Crippen molar-refractivity contribution in [2.45, 2.75) is 64.8 Å². The van der Waals surface area contributed by atoms with Crippen molar-refractivity contribution >= 4 is 11.8 Å². The second-order valence-corrected chi connectivity index (χ2v) is 11.7. The van der Waals surface area contributed by atoms with E-state index in [0.29, 0.717) is 17.9 Å². The van der Waals surface area contributed by atoms with E-state index in [1.54, 1.807) is 0 Å². The predicted octanol–water partition coefficient (Wildman–Crippen LogP) is 4.92. The van der Waals surface area contributed by atoms with Gasteiger partial charge in [-0.2, -0.15) is 0 Å². The summed E-state index contributed by atoms with van der Waals surface area (Å²) in [6.45, 7) is 10.1. The zero-order chi connectivity index (χ0) is 25.4. The Morgan fingerprint density at radius 2 is 1.50 bits per heavy atom. The van der Waals surface area contributed by atoms with Crippen LogP contribution in [-0.4, -0.2) is 53.8 Å². The van der Waals surface area contributed by atoms with Crippen molar-refractivity contribution in [3.05, 3.63) is 70.8 Å². The Balaban J connectivity index is 1.27. The molecule has 2 aromatic carbocycles. The average Bonchev–Trinajstić information content (AvgIpc) is 3.58. The molecule has 3 fully saturated rings. The van der Waals surface area contributed by atoms with Crippen LogP contribution in [0.25, 0.3) is 0 Å². The molecule has 2 aromatic rings. The van der Waals surface area contributed by atoms with Gasteiger partial charge in [0.1, 0.15) is 0 Å². The van der Waals surface area contributed by atoms with Gasteiger partial charge in [-0.05, 0) is 74.5 Å². The molecule has 3 aliphatic rings. The van der Waals surface area contributed by atoms with E-state index in [-0.39, 0.29) is 17.7 Å². The summed E-state index contributed by atoms with van der Waals surface area (Å²) in [4.78, 5) is 30.9. The highest BCUT2D eigenvalue weighted by Crippen LogP contribution is 2.51. The molecule has 4 atom stereocenters. The van der Waals surface area contributed by atoms with Crippen LogP contribution < -0.4 is 5.73 Å². The number of nitrogens with two attached hydrogens (primary N) is 1. The minimum absolute atomic E-state index is 0.125. The zero-order valence-electron chi connectivity index (χ0n) is 22.1. The van der Waals surface area contributed by atoms with E-state index >= 15 is 0 Å². The number of fused-ring (bicyclic) bond motifs is 1. The maximum absolute atomic E-state index is 13.4. The lowest BCUT2D eigenvalue weighted by molar-refractivity contribution is -0.129. The van der Waals surface area contributed by atoms with Crippen LogP contribution in [0.15, 0.2) is 48.5 Å². The monoisotopic (exact) mass is 487 g/mol. The quantitative estimate of drug-likeness (QED) is 0.603. The van der Waals surface area contributed by atoms with Gasteiger partial charge in [0.15, 0.2) is 0 Å².